The molecule has 0 bridgehead atoms. The number of nitrogens with one attached hydrogen (secondary N) is 1. The lowest BCUT2D eigenvalue weighted by Gasteiger charge is -2.19. The molecule has 4 nitrogen and oxygen atoms in total. The van der Waals surface area contributed by atoms with Crippen molar-refractivity contribution in [3.8, 4) is 0 Å². The minimum Gasteiger partial charge on any atom is -0.365 e. The Kier molecular flexibility index (Phi) is 6.36. The van der Waals surface area contributed by atoms with Crippen LogP contribution in [0.5, 0.6) is 0 Å². The number of nitrogens with zero attached hydrogens (tertiary/aromatic N) is 1. The highest BCUT2D eigenvalue weighted by Gasteiger charge is 2.07. The molecule has 106 valence electrons. The van der Waals surface area contributed by atoms with E-state index in [-0.39, 0.29) is 5.91 Å². The summed E-state index contributed by atoms with van der Waals surface area (Å²) < 4.78 is 0. The third-order valence-corrected chi connectivity index (χ3v) is 3.04. The molecule has 4 heteroatoms. The SMILES string of the molecule is CC(C)CCNC(=O)CN(C)c1ccc(CN)cc1. The Morgan fingerprint density at radius 2 is 1.95 bits per heavy atom. The molecular formula is C15H25N3O. The Balaban J connectivity index is 2.40. The first-order valence-electron chi connectivity index (χ1n) is 6.79. The maximum Gasteiger partial charge on any atom is 0.239 e. The van der Waals surface area contributed by atoms with Gasteiger partial charge in [-0.1, -0.05) is 26.0 Å². The molecule has 1 aromatic rings. The van der Waals surface area contributed by atoms with Crippen LogP contribution >= 0.6 is 0 Å². The minimum atomic E-state index is 0.0612. The highest BCUT2D eigenvalue weighted by molar-refractivity contribution is 5.81. The van der Waals surface area contributed by atoms with E-state index >= 15 is 0 Å². The number of anilines is 1. The van der Waals surface area contributed by atoms with E-state index in [1.165, 1.54) is 0 Å². The summed E-state index contributed by atoms with van der Waals surface area (Å²) in [6.07, 6.45) is 1.01. The van der Waals surface area contributed by atoms with Crippen LogP contribution in [0.2, 0.25) is 0 Å². The first kappa shape index (κ1) is 15.5. The molecule has 0 aliphatic carbocycles. The van der Waals surface area contributed by atoms with Crippen LogP contribution in [0.1, 0.15) is 25.8 Å². The van der Waals surface area contributed by atoms with Gasteiger partial charge >= 0.3 is 0 Å². The lowest BCUT2D eigenvalue weighted by molar-refractivity contribution is -0.119. The fraction of sp³-hybridized carbons (Fsp3) is 0.533. The first-order chi connectivity index (χ1) is 9.02. The van der Waals surface area contributed by atoms with Crippen molar-refractivity contribution < 1.29 is 4.79 Å². The van der Waals surface area contributed by atoms with Crippen LogP contribution in [-0.2, 0) is 11.3 Å². The smallest absolute Gasteiger partial charge is 0.239 e. The molecule has 0 saturated carbocycles. The van der Waals surface area contributed by atoms with Gasteiger partial charge in [-0.3, -0.25) is 4.79 Å². The second-order valence-corrected chi connectivity index (χ2v) is 5.26. The molecule has 3 N–H and O–H groups in total. The summed E-state index contributed by atoms with van der Waals surface area (Å²) in [4.78, 5) is 13.7. The Morgan fingerprint density at radius 1 is 1.32 bits per heavy atom. The largest absolute Gasteiger partial charge is 0.365 e. The van der Waals surface area contributed by atoms with Gasteiger partial charge in [0.1, 0.15) is 0 Å². The Hall–Kier alpha value is -1.55. The number of benzene rings is 1. The topological polar surface area (TPSA) is 58.4 Å². The molecule has 0 aliphatic heterocycles. The molecule has 0 fully saturated rings. The number of hydrogen-bond acceptors (Lipinski definition) is 3. The average molecular weight is 263 g/mol. The maximum atomic E-state index is 11.8. The molecule has 0 spiro atoms. The summed E-state index contributed by atoms with van der Waals surface area (Å²) in [6.45, 7) is 5.96. The summed E-state index contributed by atoms with van der Waals surface area (Å²) in [7, 11) is 1.92. The highest BCUT2D eigenvalue weighted by atomic mass is 16.2. The highest BCUT2D eigenvalue weighted by Crippen LogP contribution is 2.13. The van der Waals surface area contributed by atoms with Gasteiger partial charge in [0, 0.05) is 25.8 Å². The quantitative estimate of drug-likeness (QED) is 0.788. The number of likely N-dealkylation sites (N-methyl/N-ethyl adjacent to an activating group) is 1. The van der Waals surface area contributed by atoms with Gasteiger partial charge < -0.3 is 16.0 Å². The Bertz CT molecular complexity index is 387. The van der Waals surface area contributed by atoms with Crippen LogP contribution in [0, 0.1) is 5.92 Å². The van der Waals surface area contributed by atoms with Gasteiger partial charge in [0.25, 0.3) is 0 Å². The zero-order chi connectivity index (χ0) is 14.3. The minimum absolute atomic E-state index is 0.0612. The van der Waals surface area contributed by atoms with E-state index in [9.17, 15) is 4.79 Å². The van der Waals surface area contributed by atoms with Gasteiger partial charge in [0.15, 0.2) is 0 Å². The molecule has 0 unspecified atom stereocenters. The van der Waals surface area contributed by atoms with Crippen LogP contribution in [-0.4, -0.2) is 26.0 Å². The fourth-order valence-corrected chi connectivity index (χ4v) is 1.75. The number of nitrogens with two attached hydrogens (primary N) is 1. The van der Waals surface area contributed by atoms with Crippen LogP contribution in [0.15, 0.2) is 24.3 Å². The van der Waals surface area contributed by atoms with Crippen molar-refractivity contribution in [2.75, 3.05) is 25.0 Å². The molecule has 1 rings (SSSR count). The van der Waals surface area contributed by atoms with Crippen LogP contribution in [0.25, 0.3) is 0 Å². The molecule has 0 atom stereocenters. The predicted octanol–water partition coefficient (Wildman–Crippen LogP) is 1.74. The number of amides is 1. The number of carbonyl (C=O) groups is 1. The van der Waals surface area contributed by atoms with E-state index in [2.05, 4.69) is 19.2 Å². The molecule has 0 radical (unpaired) electrons. The van der Waals surface area contributed by atoms with Crippen LogP contribution < -0.4 is 16.0 Å². The molecule has 1 amide bonds. The average Bonchev–Trinajstić information content (AvgIpc) is 2.38. The summed E-state index contributed by atoms with van der Waals surface area (Å²) in [5.41, 5.74) is 7.68. The fourth-order valence-electron chi connectivity index (χ4n) is 1.75. The molecule has 19 heavy (non-hydrogen) atoms. The van der Waals surface area contributed by atoms with Gasteiger partial charge in [0.2, 0.25) is 5.91 Å². The zero-order valence-electron chi connectivity index (χ0n) is 12.1. The summed E-state index contributed by atoms with van der Waals surface area (Å²) in [6, 6.07) is 7.96. The van der Waals surface area contributed by atoms with E-state index in [0.717, 1.165) is 24.2 Å². The van der Waals surface area contributed by atoms with Gasteiger partial charge in [-0.05, 0) is 30.0 Å². The van der Waals surface area contributed by atoms with E-state index < -0.39 is 0 Å². The van der Waals surface area contributed by atoms with Crippen molar-refractivity contribution in [2.24, 2.45) is 11.7 Å². The van der Waals surface area contributed by atoms with Crippen molar-refractivity contribution in [3.63, 3.8) is 0 Å². The number of rotatable bonds is 7. The molecule has 0 heterocycles. The lowest BCUT2D eigenvalue weighted by atomic mass is 10.1. The number of carbonyl (C=O) groups excluding carboxylic acids is 1. The van der Waals surface area contributed by atoms with Gasteiger partial charge in [-0.15, -0.1) is 0 Å². The monoisotopic (exact) mass is 263 g/mol. The zero-order valence-corrected chi connectivity index (χ0v) is 12.1. The standard InChI is InChI=1S/C15H25N3O/c1-12(2)8-9-17-15(19)11-18(3)14-6-4-13(10-16)5-7-14/h4-7,12H,8-11,16H2,1-3H3,(H,17,19). The van der Waals surface area contributed by atoms with E-state index in [4.69, 9.17) is 5.73 Å². The van der Waals surface area contributed by atoms with Crippen molar-refractivity contribution in [1.29, 1.82) is 0 Å². The van der Waals surface area contributed by atoms with Crippen LogP contribution in [0.4, 0.5) is 5.69 Å². The second-order valence-electron chi connectivity index (χ2n) is 5.26. The third-order valence-electron chi connectivity index (χ3n) is 3.04. The van der Waals surface area contributed by atoms with Gasteiger partial charge in [-0.2, -0.15) is 0 Å². The van der Waals surface area contributed by atoms with Gasteiger partial charge in [0.05, 0.1) is 6.54 Å². The molecular weight excluding hydrogens is 238 g/mol. The molecule has 0 saturated heterocycles. The normalized spacial score (nSPS) is 10.6. The molecule has 1 aromatic carbocycles. The first-order valence-corrected chi connectivity index (χ1v) is 6.79. The van der Waals surface area contributed by atoms with Crippen molar-refractivity contribution in [1.82, 2.24) is 5.32 Å². The van der Waals surface area contributed by atoms with Gasteiger partial charge in [-0.25, -0.2) is 0 Å². The molecule has 0 aromatic heterocycles. The van der Waals surface area contributed by atoms with E-state index in [0.29, 0.717) is 19.0 Å². The second kappa shape index (κ2) is 7.79. The summed E-state index contributed by atoms with van der Waals surface area (Å²) in [5.74, 6) is 0.674. The number of hydrogen-bond donors (Lipinski definition) is 2. The summed E-state index contributed by atoms with van der Waals surface area (Å²) in [5, 5.41) is 2.94. The lowest BCUT2D eigenvalue weighted by Crippen LogP contribution is -2.35. The molecule has 0 aliphatic rings. The van der Waals surface area contributed by atoms with Crippen molar-refractivity contribution in [3.05, 3.63) is 29.8 Å². The Labute approximate surface area is 116 Å². The van der Waals surface area contributed by atoms with Crippen molar-refractivity contribution in [2.45, 2.75) is 26.8 Å². The van der Waals surface area contributed by atoms with E-state index in [1.807, 2.05) is 36.2 Å². The predicted molar refractivity (Wildman–Crippen MR) is 80.1 cm³/mol. The Morgan fingerprint density at radius 3 is 2.47 bits per heavy atom. The van der Waals surface area contributed by atoms with Crippen LogP contribution in [0.3, 0.4) is 0 Å². The van der Waals surface area contributed by atoms with Crippen molar-refractivity contribution >= 4 is 11.6 Å². The van der Waals surface area contributed by atoms with E-state index in [1.54, 1.807) is 0 Å². The maximum absolute atomic E-state index is 11.8. The summed E-state index contributed by atoms with van der Waals surface area (Å²) >= 11 is 0. The third kappa shape index (κ3) is 5.75.